The van der Waals surface area contributed by atoms with Crippen LogP contribution in [0, 0.1) is 0 Å². The van der Waals surface area contributed by atoms with Gasteiger partial charge in [-0.05, 0) is 92.2 Å². The molecule has 0 unspecified atom stereocenters. The molecule has 7 aromatic rings. The van der Waals surface area contributed by atoms with Gasteiger partial charge in [0.1, 0.15) is 0 Å². The topological polar surface area (TPSA) is 3.24 Å². The Morgan fingerprint density at radius 2 is 1.20 bits per heavy atom. The van der Waals surface area contributed by atoms with Crippen molar-refractivity contribution in [2.75, 3.05) is 4.90 Å². The molecule has 0 N–H and O–H groups in total. The fraction of sp³-hybridized carbons (Fsp3) is 0.116. The van der Waals surface area contributed by atoms with Crippen LogP contribution in [-0.2, 0) is 18.3 Å². The SMILES string of the molecule is CC1(C)c2cc(CCc3ccccc3)ccc2-c2ccc(N3c4ccc5ccccc5c4-c4cccc5cccc3c45)cc21. The minimum absolute atomic E-state index is 0.0879. The van der Waals surface area contributed by atoms with E-state index in [1.165, 1.54) is 83.1 Å². The average molecular weight is 564 g/mol. The molecule has 7 aromatic carbocycles. The van der Waals surface area contributed by atoms with E-state index in [1.807, 2.05) is 0 Å². The van der Waals surface area contributed by atoms with Crippen molar-refractivity contribution in [3.8, 4) is 22.3 Å². The van der Waals surface area contributed by atoms with Crippen LogP contribution in [0.15, 0.2) is 140 Å². The second kappa shape index (κ2) is 9.43. The molecule has 0 spiro atoms. The number of benzene rings is 7. The molecular formula is C43H33N. The first kappa shape index (κ1) is 25.4. The first-order valence-electron chi connectivity index (χ1n) is 15.7. The van der Waals surface area contributed by atoms with Gasteiger partial charge in [-0.25, -0.2) is 0 Å². The number of rotatable bonds is 4. The molecule has 0 amide bonds. The van der Waals surface area contributed by atoms with Gasteiger partial charge in [-0.2, -0.15) is 0 Å². The molecule has 1 heteroatoms. The number of aryl methyl sites for hydroxylation is 2. The smallest absolute Gasteiger partial charge is 0.0547 e. The molecule has 0 radical (unpaired) electrons. The first-order chi connectivity index (χ1) is 21.6. The Morgan fingerprint density at radius 1 is 0.500 bits per heavy atom. The van der Waals surface area contributed by atoms with Gasteiger partial charge < -0.3 is 4.90 Å². The van der Waals surface area contributed by atoms with Gasteiger partial charge >= 0.3 is 0 Å². The molecule has 44 heavy (non-hydrogen) atoms. The van der Waals surface area contributed by atoms with E-state index in [-0.39, 0.29) is 5.41 Å². The highest BCUT2D eigenvalue weighted by Crippen LogP contribution is 2.55. The van der Waals surface area contributed by atoms with Crippen molar-refractivity contribution in [2.24, 2.45) is 0 Å². The largest absolute Gasteiger partial charge is 0.309 e. The number of nitrogens with zero attached hydrogens (tertiary/aromatic N) is 1. The molecule has 2 aliphatic rings. The fourth-order valence-corrected chi connectivity index (χ4v) is 7.85. The maximum Gasteiger partial charge on any atom is 0.0547 e. The third-order valence-corrected chi connectivity index (χ3v) is 10.1. The Hall–Kier alpha value is -5.14. The summed E-state index contributed by atoms with van der Waals surface area (Å²) < 4.78 is 0. The minimum Gasteiger partial charge on any atom is -0.309 e. The monoisotopic (exact) mass is 563 g/mol. The van der Waals surface area contributed by atoms with Gasteiger partial charge in [0, 0.05) is 22.1 Å². The lowest BCUT2D eigenvalue weighted by Gasteiger charge is -2.35. The third-order valence-electron chi connectivity index (χ3n) is 10.1. The van der Waals surface area contributed by atoms with E-state index in [9.17, 15) is 0 Å². The first-order valence-corrected chi connectivity index (χ1v) is 15.7. The molecule has 0 fully saturated rings. The molecule has 1 heterocycles. The molecule has 0 atom stereocenters. The van der Waals surface area contributed by atoms with Gasteiger partial charge in [0.15, 0.2) is 0 Å². The fourth-order valence-electron chi connectivity index (χ4n) is 7.85. The van der Waals surface area contributed by atoms with Crippen molar-refractivity contribution in [3.05, 3.63) is 162 Å². The van der Waals surface area contributed by atoms with Crippen LogP contribution < -0.4 is 4.90 Å². The summed E-state index contributed by atoms with van der Waals surface area (Å²) in [5.74, 6) is 0. The second-order valence-corrected chi connectivity index (χ2v) is 12.9. The average Bonchev–Trinajstić information content (AvgIpc) is 3.29. The van der Waals surface area contributed by atoms with Crippen LogP contribution in [0.4, 0.5) is 17.1 Å². The zero-order valence-electron chi connectivity index (χ0n) is 25.1. The zero-order chi connectivity index (χ0) is 29.4. The summed E-state index contributed by atoms with van der Waals surface area (Å²) in [6.07, 6.45) is 2.12. The van der Waals surface area contributed by atoms with Crippen molar-refractivity contribution in [1.82, 2.24) is 0 Å². The Labute approximate surface area is 259 Å². The van der Waals surface area contributed by atoms with Gasteiger partial charge in [-0.1, -0.05) is 129 Å². The standard InChI is InChI=1S/C43H33N/c1-43(2)37-26-29(19-18-28-10-4-3-5-11-28)20-23-34(37)35-24-22-32(27-38(35)43)44-39-17-9-14-31-13-8-16-36(41(31)39)42-33-15-7-6-12-30(33)21-25-40(42)44/h3-17,20-27H,18-19H2,1-2H3. The summed E-state index contributed by atoms with van der Waals surface area (Å²) in [7, 11) is 0. The summed E-state index contributed by atoms with van der Waals surface area (Å²) in [5.41, 5.74) is 14.6. The quantitative estimate of drug-likeness (QED) is 0.206. The van der Waals surface area contributed by atoms with E-state index >= 15 is 0 Å². The Balaban J connectivity index is 1.19. The highest BCUT2D eigenvalue weighted by atomic mass is 15.2. The summed E-state index contributed by atoms with van der Waals surface area (Å²) in [5, 5.41) is 5.18. The predicted molar refractivity (Wildman–Crippen MR) is 187 cm³/mol. The Bertz CT molecular complexity index is 2250. The van der Waals surface area contributed by atoms with Gasteiger partial charge in [0.05, 0.1) is 11.4 Å². The summed E-state index contributed by atoms with van der Waals surface area (Å²) in [4.78, 5) is 2.50. The third kappa shape index (κ3) is 3.66. The van der Waals surface area contributed by atoms with E-state index in [2.05, 4.69) is 158 Å². The molecule has 1 aliphatic carbocycles. The molecule has 0 bridgehead atoms. The molecule has 0 aromatic heterocycles. The Kier molecular flexibility index (Phi) is 5.44. The number of hydrogen-bond acceptors (Lipinski definition) is 1. The molecular weight excluding hydrogens is 530 g/mol. The van der Waals surface area contributed by atoms with Crippen LogP contribution in [0.2, 0.25) is 0 Å². The van der Waals surface area contributed by atoms with Gasteiger partial charge in [-0.15, -0.1) is 0 Å². The molecule has 1 nitrogen and oxygen atoms in total. The van der Waals surface area contributed by atoms with Crippen molar-refractivity contribution in [2.45, 2.75) is 32.1 Å². The van der Waals surface area contributed by atoms with E-state index < -0.39 is 0 Å². The molecule has 0 saturated carbocycles. The minimum atomic E-state index is -0.0879. The second-order valence-electron chi connectivity index (χ2n) is 12.9. The van der Waals surface area contributed by atoms with Gasteiger partial charge in [0.25, 0.3) is 0 Å². The summed E-state index contributed by atoms with van der Waals surface area (Å²) in [6.45, 7) is 4.80. The number of fused-ring (bicyclic) bond motifs is 7. The van der Waals surface area contributed by atoms with Crippen LogP contribution >= 0.6 is 0 Å². The lowest BCUT2D eigenvalue weighted by atomic mass is 9.81. The van der Waals surface area contributed by atoms with E-state index in [0.717, 1.165) is 12.8 Å². The lowest BCUT2D eigenvalue weighted by molar-refractivity contribution is 0.659. The zero-order valence-corrected chi connectivity index (χ0v) is 25.1. The predicted octanol–water partition coefficient (Wildman–Crippen LogP) is 11.5. The van der Waals surface area contributed by atoms with Gasteiger partial charge in [0.2, 0.25) is 0 Å². The molecule has 210 valence electrons. The summed E-state index contributed by atoms with van der Waals surface area (Å²) >= 11 is 0. The van der Waals surface area contributed by atoms with Crippen molar-refractivity contribution >= 4 is 38.6 Å². The van der Waals surface area contributed by atoms with E-state index in [4.69, 9.17) is 0 Å². The van der Waals surface area contributed by atoms with Crippen molar-refractivity contribution in [1.29, 1.82) is 0 Å². The summed E-state index contributed by atoms with van der Waals surface area (Å²) in [6, 6.07) is 52.0. The van der Waals surface area contributed by atoms with E-state index in [0.29, 0.717) is 0 Å². The normalized spacial score (nSPS) is 14.0. The van der Waals surface area contributed by atoms with Crippen LogP contribution in [0.25, 0.3) is 43.8 Å². The van der Waals surface area contributed by atoms with E-state index in [1.54, 1.807) is 0 Å². The van der Waals surface area contributed by atoms with Crippen LogP contribution in [-0.4, -0.2) is 0 Å². The molecule has 1 aliphatic heterocycles. The van der Waals surface area contributed by atoms with Crippen LogP contribution in [0.3, 0.4) is 0 Å². The number of anilines is 3. The van der Waals surface area contributed by atoms with Crippen LogP contribution in [0.5, 0.6) is 0 Å². The van der Waals surface area contributed by atoms with Gasteiger partial charge in [-0.3, -0.25) is 0 Å². The Morgan fingerprint density at radius 3 is 2.07 bits per heavy atom. The highest BCUT2D eigenvalue weighted by molar-refractivity contribution is 6.19. The maximum atomic E-state index is 2.50. The maximum absolute atomic E-state index is 2.50. The number of hydrogen-bond donors (Lipinski definition) is 0. The van der Waals surface area contributed by atoms with Crippen molar-refractivity contribution < 1.29 is 0 Å². The van der Waals surface area contributed by atoms with Crippen molar-refractivity contribution in [3.63, 3.8) is 0 Å². The lowest BCUT2D eigenvalue weighted by Crippen LogP contribution is -2.18. The van der Waals surface area contributed by atoms with Crippen LogP contribution in [0.1, 0.15) is 36.1 Å². The molecule has 0 saturated heterocycles. The molecule has 9 rings (SSSR count). The highest BCUT2D eigenvalue weighted by Gasteiger charge is 2.37.